The van der Waals surface area contributed by atoms with Gasteiger partial charge in [0.1, 0.15) is 0 Å². The van der Waals surface area contributed by atoms with Crippen LogP contribution < -0.4 is 5.73 Å². The van der Waals surface area contributed by atoms with Crippen molar-refractivity contribution in [2.45, 2.75) is 37.6 Å². The largest absolute Gasteiger partial charge is 0.325 e. The minimum absolute atomic E-state index is 0.125. The summed E-state index contributed by atoms with van der Waals surface area (Å²) in [6, 6.07) is 6.08. The van der Waals surface area contributed by atoms with Crippen LogP contribution in [0.1, 0.15) is 32.3 Å². The molecule has 15 heavy (non-hydrogen) atoms. The molecule has 0 amide bonds. The highest BCUT2D eigenvalue weighted by Crippen LogP contribution is 2.55. The molecule has 0 heterocycles. The number of rotatable bonds is 2. The monoisotopic (exact) mass is 287 g/mol. The second-order valence-electron chi connectivity index (χ2n) is 4.96. The third-order valence-corrected chi connectivity index (χ3v) is 4.07. The summed E-state index contributed by atoms with van der Waals surface area (Å²) in [6.07, 6.45) is 2.31. The van der Waals surface area contributed by atoms with Gasteiger partial charge in [0.2, 0.25) is 0 Å². The van der Waals surface area contributed by atoms with Gasteiger partial charge in [-0.3, -0.25) is 0 Å². The van der Waals surface area contributed by atoms with Crippen molar-refractivity contribution < 1.29 is 0 Å². The van der Waals surface area contributed by atoms with Gasteiger partial charge in [0.05, 0.1) is 0 Å². The summed E-state index contributed by atoms with van der Waals surface area (Å²) in [5.41, 5.74) is 7.45. The summed E-state index contributed by atoms with van der Waals surface area (Å²) < 4.78 is 1.03. The van der Waals surface area contributed by atoms with E-state index in [1.165, 1.54) is 5.56 Å². The molecule has 1 fully saturated rings. The Kier molecular flexibility index (Phi) is 2.65. The second kappa shape index (κ2) is 3.47. The minimum atomic E-state index is -0.183. The van der Waals surface area contributed by atoms with Crippen molar-refractivity contribution in [3.63, 3.8) is 0 Å². The highest BCUT2D eigenvalue weighted by molar-refractivity contribution is 9.10. The van der Waals surface area contributed by atoms with E-state index in [2.05, 4.69) is 35.8 Å². The number of nitrogens with two attached hydrogens (primary N) is 1. The highest BCUT2D eigenvalue weighted by atomic mass is 79.9. The lowest BCUT2D eigenvalue weighted by Crippen LogP contribution is -2.45. The molecule has 2 rings (SSSR count). The zero-order valence-corrected chi connectivity index (χ0v) is 11.3. The molecule has 0 spiro atoms. The van der Waals surface area contributed by atoms with Gasteiger partial charge >= 0.3 is 0 Å². The van der Waals surface area contributed by atoms with Crippen LogP contribution >= 0.6 is 27.5 Å². The molecule has 1 nitrogen and oxygen atoms in total. The van der Waals surface area contributed by atoms with E-state index in [-0.39, 0.29) is 11.0 Å². The molecule has 3 heteroatoms. The van der Waals surface area contributed by atoms with E-state index < -0.39 is 0 Å². The first-order chi connectivity index (χ1) is 6.85. The fourth-order valence-corrected chi connectivity index (χ4v) is 3.12. The van der Waals surface area contributed by atoms with E-state index in [9.17, 15) is 0 Å². The zero-order chi connectivity index (χ0) is 11.3. The summed E-state index contributed by atoms with van der Waals surface area (Å²) in [6.45, 7) is 4.18. The molecular formula is C12H15BrClN. The molecule has 0 radical (unpaired) electrons. The Morgan fingerprint density at radius 1 is 1.33 bits per heavy atom. The van der Waals surface area contributed by atoms with Gasteiger partial charge in [-0.05, 0) is 50.5 Å². The standard InChI is InChI=1S/C12H15BrClN/c1-11(2,15)12(3-4-12)8-5-9(13)7-10(14)6-8/h5-7H,3-4,15H2,1-2H3. The zero-order valence-electron chi connectivity index (χ0n) is 8.98. The van der Waals surface area contributed by atoms with Crippen LogP contribution in [-0.2, 0) is 5.41 Å². The van der Waals surface area contributed by atoms with Gasteiger partial charge < -0.3 is 5.73 Å². The summed E-state index contributed by atoms with van der Waals surface area (Å²) in [5.74, 6) is 0. The number of hydrogen-bond donors (Lipinski definition) is 1. The fourth-order valence-electron chi connectivity index (χ4n) is 2.26. The summed E-state index contributed by atoms with van der Waals surface area (Å²) >= 11 is 9.54. The van der Waals surface area contributed by atoms with Gasteiger partial charge in [0.25, 0.3) is 0 Å². The Hall–Kier alpha value is -0.0500. The van der Waals surface area contributed by atoms with E-state index in [4.69, 9.17) is 17.3 Å². The SMILES string of the molecule is CC(C)(N)C1(c2cc(Cl)cc(Br)c2)CC1. The minimum Gasteiger partial charge on any atom is -0.325 e. The average molecular weight is 289 g/mol. The molecule has 0 aliphatic heterocycles. The van der Waals surface area contributed by atoms with Gasteiger partial charge in [-0.15, -0.1) is 0 Å². The molecule has 0 saturated heterocycles. The van der Waals surface area contributed by atoms with Crippen molar-refractivity contribution in [1.29, 1.82) is 0 Å². The van der Waals surface area contributed by atoms with Crippen LogP contribution in [0.25, 0.3) is 0 Å². The summed E-state index contributed by atoms with van der Waals surface area (Å²) in [4.78, 5) is 0. The Morgan fingerprint density at radius 2 is 1.93 bits per heavy atom. The van der Waals surface area contributed by atoms with Crippen molar-refractivity contribution in [2.75, 3.05) is 0 Å². The quantitative estimate of drug-likeness (QED) is 0.878. The van der Waals surface area contributed by atoms with Crippen molar-refractivity contribution in [2.24, 2.45) is 5.73 Å². The molecule has 1 saturated carbocycles. The van der Waals surface area contributed by atoms with Crippen LogP contribution in [0.5, 0.6) is 0 Å². The maximum absolute atomic E-state index is 6.25. The summed E-state index contributed by atoms with van der Waals surface area (Å²) in [5, 5.41) is 0.773. The number of hydrogen-bond acceptors (Lipinski definition) is 1. The first-order valence-corrected chi connectivity index (χ1v) is 6.28. The second-order valence-corrected chi connectivity index (χ2v) is 6.31. The first kappa shape index (κ1) is 11.4. The normalized spacial score (nSPS) is 19.0. The van der Waals surface area contributed by atoms with E-state index in [0.29, 0.717) is 0 Å². The topological polar surface area (TPSA) is 26.0 Å². The van der Waals surface area contributed by atoms with Crippen LogP contribution in [0.2, 0.25) is 5.02 Å². The predicted octanol–water partition coefficient (Wildman–Crippen LogP) is 3.87. The highest BCUT2D eigenvalue weighted by Gasteiger charge is 2.53. The third kappa shape index (κ3) is 1.95. The molecule has 0 bridgehead atoms. The van der Waals surface area contributed by atoms with Gasteiger partial charge in [0.15, 0.2) is 0 Å². The van der Waals surface area contributed by atoms with E-state index >= 15 is 0 Å². The fraction of sp³-hybridized carbons (Fsp3) is 0.500. The Labute approximate surface area is 104 Å². The van der Waals surface area contributed by atoms with E-state index in [1.54, 1.807) is 0 Å². The van der Waals surface area contributed by atoms with Crippen LogP contribution in [0.4, 0.5) is 0 Å². The van der Waals surface area contributed by atoms with Gasteiger partial charge in [0, 0.05) is 20.4 Å². The Morgan fingerprint density at radius 3 is 2.33 bits per heavy atom. The van der Waals surface area contributed by atoms with E-state index in [1.807, 2.05) is 12.1 Å². The molecule has 0 atom stereocenters. The molecule has 1 aromatic rings. The molecule has 0 aromatic heterocycles. The van der Waals surface area contributed by atoms with Gasteiger partial charge in [-0.25, -0.2) is 0 Å². The lowest BCUT2D eigenvalue weighted by molar-refractivity contribution is 0.391. The predicted molar refractivity (Wildman–Crippen MR) is 68.3 cm³/mol. The Balaban J connectivity index is 2.46. The van der Waals surface area contributed by atoms with Crippen molar-refractivity contribution in [3.8, 4) is 0 Å². The smallest absolute Gasteiger partial charge is 0.0420 e. The molecular weight excluding hydrogens is 273 g/mol. The van der Waals surface area contributed by atoms with Crippen molar-refractivity contribution in [1.82, 2.24) is 0 Å². The third-order valence-electron chi connectivity index (χ3n) is 3.40. The maximum atomic E-state index is 6.25. The lowest BCUT2D eigenvalue weighted by atomic mass is 9.79. The maximum Gasteiger partial charge on any atom is 0.0420 e. The molecule has 0 unspecified atom stereocenters. The average Bonchev–Trinajstić information content (AvgIpc) is 2.79. The number of benzene rings is 1. The molecule has 1 aliphatic carbocycles. The van der Waals surface area contributed by atoms with Crippen LogP contribution in [0.15, 0.2) is 22.7 Å². The van der Waals surface area contributed by atoms with Crippen LogP contribution in [-0.4, -0.2) is 5.54 Å². The lowest BCUT2D eigenvalue weighted by Gasteiger charge is -2.31. The van der Waals surface area contributed by atoms with Crippen molar-refractivity contribution >= 4 is 27.5 Å². The van der Waals surface area contributed by atoms with Gasteiger partial charge in [-0.2, -0.15) is 0 Å². The van der Waals surface area contributed by atoms with E-state index in [0.717, 1.165) is 22.3 Å². The van der Waals surface area contributed by atoms with Gasteiger partial charge in [-0.1, -0.05) is 27.5 Å². The van der Waals surface area contributed by atoms with Crippen LogP contribution in [0.3, 0.4) is 0 Å². The van der Waals surface area contributed by atoms with Crippen molar-refractivity contribution in [3.05, 3.63) is 33.3 Å². The molecule has 1 aliphatic rings. The Bertz CT molecular complexity index is 371. The van der Waals surface area contributed by atoms with Crippen LogP contribution in [0, 0.1) is 0 Å². The molecule has 82 valence electrons. The molecule has 1 aromatic carbocycles. The summed E-state index contributed by atoms with van der Waals surface area (Å²) in [7, 11) is 0. The molecule has 2 N–H and O–H groups in total. The first-order valence-electron chi connectivity index (χ1n) is 5.11. The number of halogens is 2.